The van der Waals surface area contributed by atoms with Gasteiger partial charge in [-0.05, 0) is 37.3 Å². The van der Waals surface area contributed by atoms with Gasteiger partial charge in [-0.1, -0.05) is 35.3 Å². The van der Waals surface area contributed by atoms with Crippen molar-refractivity contribution < 1.29 is 9.47 Å². The van der Waals surface area contributed by atoms with Crippen LogP contribution >= 0.6 is 23.2 Å². The topological polar surface area (TPSA) is 30.5 Å². The molecule has 3 nitrogen and oxygen atoms in total. The van der Waals surface area contributed by atoms with Gasteiger partial charge < -0.3 is 14.8 Å². The Kier molecular flexibility index (Phi) is 5.59. The first-order chi connectivity index (χ1) is 10.1. The summed E-state index contributed by atoms with van der Waals surface area (Å²) >= 11 is 11.9. The highest BCUT2D eigenvalue weighted by atomic mass is 35.5. The normalized spacial score (nSPS) is 11.8. The van der Waals surface area contributed by atoms with Gasteiger partial charge in [0, 0.05) is 15.7 Å². The molecule has 1 atom stereocenters. The standard InChI is InChI=1S/C16H17Cl2NO2/c1-11(21-16-6-4-3-5-15(16)20-2)10-19-14-8-12(17)7-13(18)9-14/h3-9,11,19H,10H2,1-2H3. The van der Waals surface area contributed by atoms with Crippen LogP contribution in [0.4, 0.5) is 5.69 Å². The molecule has 0 bridgehead atoms. The molecular formula is C16H17Cl2NO2. The summed E-state index contributed by atoms with van der Waals surface area (Å²) in [6, 6.07) is 12.9. The van der Waals surface area contributed by atoms with Gasteiger partial charge in [0.15, 0.2) is 11.5 Å². The third-order valence-electron chi connectivity index (χ3n) is 2.85. The summed E-state index contributed by atoms with van der Waals surface area (Å²) in [7, 11) is 1.62. The molecule has 0 spiro atoms. The number of benzene rings is 2. The first kappa shape index (κ1) is 15.8. The number of hydrogen-bond donors (Lipinski definition) is 1. The van der Waals surface area contributed by atoms with Crippen molar-refractivity contribution in [2.75, 3.05) is 19.0 Å². The average Bonchev–Trinajstić information content (AvgIpc) is 2.45. The fraction of sp³-hybridized carbons (Fsp3) is 0.250. The van der Waals surface area contributed by atoms with Crippen LogP contribution in [0.25, 0.3) is 0 Å². The van der Waals surface area contributed by atoms with E-state index in [0.29, 0.717) is 16.6 Å². The molecule has 0 saturated heterocycles. The molecule has 2 aromatic carbocycles. The average molecular weight is 326 g/mol. The number of hydrogen-bond acceptors (Lipinski definition) is 3. The minimum Gasteiger partial charge on any atom is -0.493 e. The molecule has 0 aliphatic carbocycles. The predicted octanol–water partition coefficient (Wildman–Crippen LogP) is 4.88. The van der Waals surface area contributed by atoms with E-state index in [1.54, 1.807) is 13.2 Å². The van der Waals surface area contributed by atoms with Crippen LogP contribution in [-0.4, -0.2) is 19.8 Å². The van der Waals surface area contributed by atoms with Gasteiger partial charge in [-0.15, -0.1) is 0 Å². The summed E-state index contributed by atoms with van der Waals surface area (Å²) in [5.41, 5.74) is 0.864. The van der Waals surface area contributed by atoms with Crippen LogP contribution in [0, 0.1) is 0 Å². The summed E-state index contributed by atoms with van der Waals surface area (Å²) in [4.78, 5) is 0. The molecule has 2 aromatic rings. The van der Waals surface area contributed by atoms with E-state index in [4.69, 9.17) is 32.7 Å². The van der Waals surface area contributed by atoms with Gasteiger partial charge in [-0.25, -0.2) is 0 Å². The van der Waals surface area contributed by atoms with Crippen molar-refractivity contribution in [1.29, 1.82) is 0 Å². The minimum atomic E-state index is -0.0425. The van der Waals surface area contributed by atoms with Crippen molar-refractivity contribution in [2.45, 2.75) is 13.0 Å². The van der Waals surface area contributed by atoms with Crippen molar-refractivity contribution in [2.24, 2.45) is 0 Å². The molecule has 0 aliphatic heterocycles. The SMILES string of the molecule is COc1ccccc1OC(C)CNc1cc(Cl)cc(Cl)c1. The predicted molar refractivity (Wildman–Crippen MR) is 88.0 cm³/mol. The van der Waals surface area contributed by atoms with Crippen LogP contribution < -0.4 is 14.8 Å². The lowest BCUT2D eigenvalue weighted by molar-refractivity contribution is 0.223. The fourth-order valence-corrected chi connectivity index (χ4v) is 2.42. The maximum absolute atomic E-state index is 5.96. The second-order valence-electron chi connectivity index (χ2n) is 4.62. The van der Waals surface area contributed by atoms with Crippen LogP contribution in [0.1, 0.15) is 6.92 Å². The Morgan fingerprint density at radius 2 is 1.67 bits per heavy atom. The lowest BCUT2D eigenvalue weighted by atomic mass is 10.3. The molecule has 112 valence electrons. The van der Waals surface area contributed by atoms with Crippen molar-refractivity contribution in [3.05, 3.63) is 52.5 Å². The maximum atomic E-state index is 5.96. The molecule has 0 heterocycles. The van der Waals surface area contributed by atoms with E-state index in [1.165, 1.54) is 0 Å². The molecule has 0 amide bonds. The molecule has 0 aliphatic rings. The second kappa shape index (κ2) is 7.43. The van der Waals surface area contributed by atoms with Crippen LogP contribution in [-0.2, 0) is 0 Å². The molecule has 2 rings (SSSR count). The van der Waals surface area contributed by atoms with E-state index >= 15 is 0 Å². The molecule has 5 heteroatoms. The minimum absolute atomic E-state index is 0.0425. The van der Waals surface area contributed by atoms with E-state index in [0.717, 1.165) is 17.2 Å². The Bertz CT molecular complexity index is 584. The highest BCUT2D eigenvalue weighted by molar-refractivity contribution is 6.35. The molecular weight excluding hydrogens is 309 g/mol. The zero-order chi connectivity index (χ0) is 15.2. The Morgan fingerprint density at radius 1 is 1.05 bits per heavy atom. The number of para-hydroxylation sites is 2. The Labute approximate surface area is 134 Å². The number of ether oxygens (including phenoxy) is 2. The summed E-state index contributed by atoms with van der Waals surface area (Å²) < 4.78 is 11.1. The van der Waals surface area contributed by atoms with Crippen molar-refractivity contribution >= 4 is 28.9 Å². The van der Waals surface area contributed by atoms with Crippen molar-refractivity contribution in [3.8, 4) is 11.5 Å². The van der Waals surface area contributed by atoms with Crippen LogP contribution in [0.15, 0.2) is 42.5 Å². The van der Waals surface area contributed by atoms with Crippen molar-refractivity contribution in [1.82, 2.24) is 0 Å². The Balaban J connectivity index is 1.94. The van der Waals surface area contributed by atoms with E-state index in [1.807, 2.05) is 43.3 Å². The zero-order valence-corrected chi connectivity index (χ0v) is 13.4. The van der Waals surface area contributed by atoms with E-state index in [-0.39, 0.29) is 6.10 Å². The van der Waals surface area contributed by atoms with Crippen LogP contribution in [0.5, 0.6) is 11.5 Å². The molecule has 0 saturated carbocycles. The first-order valence-corrected chi connectivity index (χ1v) is 7.33. The Morgan fingerprint density at radius 3 is 2.29 bits per heavy atom. The fourth-order valence-electron chi connectivity index (χ4n) is 1.89. The van der Waals surface area contributed by atoms with Crippen molar-refractivity contribution in [3.63, 3.8) is 0 Å². The lowest BCUT2D eigenvalue weighted by Crippen LogP contribution is -2.22. The molecule has 0 radical (unpaired) electrons. The number of rotatable bonds is 6. The molecule has 0 aromatic heterocycles. The van der Waals surface area contributed by atoms with Gasteiger partial charge in [0.05, 0.1) is 13.7 Å². The summed E-state index contributed by atoms with van der Waals surface area (Å²) in [6.07, 6.45) is -0.0425. The monoisotopic (exact) mass is 325 g/mol. The molecule has 1 unspecified atom stereocenters. The number of halogens is 2. The second-order valence-corrected chi connectivity index (χ2v) is 5.49. The first-order valence-electron chi connectivity index (χ1n) is 6.58. The van der Waals surface area contributed by atoms with Crippen LogP contribution in [0.2, 0.25) is 10.0 Å². The maximum Gasteiger partial charge on any atom is 0.161 e. The van der Waals surface area contributed by atoms with E-state index in [9.17, 15) is 0 Å². The van der Waals surface area contributed by atoms with Crippen LogP contribution in [0.3, 0.4) is 0 Å². The highest BCUT2D eigenvalue weighted by Crippen LogP contribution is 2.27. The van der Waals surface area contributed by atoms with Gasteiger partial charge in [-0.3, -0.25) is 0 Å². The highest BCUT2D eigenvalue weighted by Gasteiger charge is 2.08. The number of anilines is 1. The van der Waals surface area contributed by atoms with Gasteiger partial charge >= 0.3 is 0 Å². The van der Waals surface area contributed by atoms with Gasteiger partial charge in [0.2, 0.25) is 0 Å². The third-order valence-corrected chi connectivity index (χ3v) is 3.29. The smallest absolute Gasteiger partial charge is 0.161 e. The third kappa shape index (κ3) is 4.73. The van der Waals surface area contributed by atoms with E-state index < -0.39 is 0 Å². The number of nitrogens with one attached hydrogen (secondary N) is 1. The quantitative estimate of drug-likeness (QED) is 0.820. The summed E-state index contributed by atoms with van der Waals surface area (Å²) in [5, 5.41) is 4.45. The lowest BCUT2D eigenvalue weighted by Gasteiger charge is -2.18. The van der Waals surface area contributed by atoms with Gasteiger partial charge in [-0.2, -0.15) is 0 Å². The summed E-state index contributed by atoms with van der Waals surface area (Å²) in [6.45, 7) is 2.60. The van der Waals surface area contributed by atoms with E-state index in [2.05, 4.69) is 5.32 Å². The zero-order valence-electron chi connectivity index (χ0n) is 11.9. The molecule has 21 heavy (non-hydrogen) atoms. The van der Waals surface area contributed by atoms with Gasteiger partial charge in [0.25, 0.3) is 0 Å². The largest absolute Gasteiger partial charge is 0.493 e. The number of methoxy groups -OCH3 is 1. The summed E-state index contributed by atoms with van der Waals surface area (Å²) in [5.74, 6) is 1.44. The molecule has 0 fully saturated rings. The van der Waals surface area contributed by atoms with Gasteiger partial charge in [0.1, 0.15) is 6.10 Å². The molecule has 1 N–H and O–H groups in total. The Hall–Kier alpha value is -1.58.